The van der Waals surface area contributed by atoms with Gasteiger partial charge in [-0.1, -0.05) is 30.3 Å². The number of hydrogen-bond donors (Lipinski definition) is 2. The number of carboxylic acid groups (broad SMARTS) is 1. The van der Waals surface area contributed by atoms with E-state index in [1.807, 2.05) is 18.2 Å². The molecule has 2 N–H and O–H groups in total. The maximum atomic E-state index is 12.0. The lowest BCUT2D eigenvalue weighted by atomic mass is 10.1. The van der Waals surface area contributed by atoms with Gasteiger partial charge in [0.1, 0.15) is 5.75 Å². The third-order valence-corrected chi connectivity index (χ3v) is 3.09. The molecule has 114 valence electrons. The Hall–Kier alpha value is -2.82. The van der Waals surface area contributed by atoms with Gasteiger partial charge in [-0.2, -0.15) is 0 Å². The summed E-state index contributed by atoms with van der Waals surface area (Å²) < 4.78 is 5.53. The zero-order valence-electron chi connectivity index (χ0n) is 12.2. The van der Waals surface area contributed by atoms with Crippen LogP contribution < -0.4 is 10.1 Å². The van der Waals surface area contributed by atoms with E-state index in [4.69, 9.17) is 9.84 Å². The van der Waals surface area contributed by atoms with Crippen LogP contribution >= 0.6 is 0 Å². The molecule has 0 heterocycles. The maximum Gasteiger partial charge on any atom is 0.335 e. The predicted molar refractivity (Wildman–Crippen MR) is 81.8 cm³/mol. The fourth-order valence-corrected chi connectivity index (χ4v) is 1.85. The van der Waals surface area contributed by atoms with E-state index >= 15 is 0 Å². The van der Waals surface area contributed by atoms with Crippen LogP contribution in [0.15, 0.2) is 54.6 Å². The van der Waals surface area contributed by atoms with Crippen molar-refractivity contribution in [2.75, 3.05) is 0 Å². The summed E-state index contributed by atoms with van der Waals surface area (Å²) in [7, 11) is 0. The zero-order chi connectivity index (χ0) is 15.9. The molecule has 0 spiro atoms. The Labute approximate surface area is 128 Å². The molecule has 2 rings (SSSR count). The number of para-hydroxylation sites is 1. The summed E-state index contributed by atoms with van der Waals surface area (Å²) in [4.78, 5) is 22.7. The van der Waals surface area contributed by atoms with E-state index in [0.29, 0.717) is 12.3 Å². The lowest BCUT2D eigenvalue weighted by Gasteiger charge is -2.14. The lowest BCUT2D eigenvalue weighted by Crippen LogP contribution is -2.35. The van der Waals surface area contributed by atoms with E-state index in [0.717, 1.165) is 5.56 Å². The van der Waals surface area contributed by atoms with Gasteiger partial charge in [0.2, 0.25) is 0 Å². The number of ether oxygens (including phenoxy) is 1. The summed E-state index contributed by atoms with van der Waals surface area (Å²) in [5.41, 5.74) is 1.04. The Bertz CT molecular complexity index is 637. The van der Waals surface area contributed by atoms with E-state index < -0.39 is 12.1 Å². The Morgan fingerprint density at radius 1 is 1.09 bits per heavy atom. The third kappa shape index (κ3) is 4.34. The van der Waals surface area contributed by atoms with Crippen LogP contribution in [0.4, 0.5) is 0 Å². The number of carbonyl (C=O) groups excluding carboxylic acids is 1. The van der Waals surface area contributed by atoms with Crippen LogP contribution in [0.5, 0.6) is 5.75 Å². The average molecular weight is 299 g/mol. The van der Waals surface area contributed by atoms with Gasteiger partial charge in [-0.3, -0.25) is 4.79 Å². The van der Waals surface area contributed by atoms with E-state index in [2.05, 4.69) is 5.32 Å². The van der Waals surface area contributed by atoms with Crippen molar-refractivity contribution in [2.24, 2.45) is 0 Å². The molecule has 1 amide bonds. The molecule has 22 heavy (non-hydrogen) atoms. The van der Waals surface area contributed by atoms with Crippen molar-refractivity contribution in [3.05, 3.63) is 65.7 Å². The number of nitrogens with one attached hydrogen (secondary N) is 1. The number of carboxylic acids is 1. The SMILES string of the molecule is C[C@@H](Oc1ccccc1)C(=O)NCc1ccc(C(=O)O)cc1. The van der Waals surface area contributed by atoms with Gasteiger partial charge in [-0.25, -0.2) is 4.79 Å². The molecule has 0 saturated carbocycles. The zero-order valence-corrected chi connectivity index (χ0v) is 12.2. The van der Waals surface area contributed by atoms with Gasteiger partial charge in [0.05, 0.1) is 5.56 Å². The van der Waals surface area contributed by atoms with Gasteiger partial charge in [0.25, 0.3) is 5.91 Å². The van der Waals surface area contributed by atoms with Crippen molar-refractivity contribution < 1.29 is 19.4 Å². The van der Waals surface area contributed by atoms with Crippen molar-refractivity contribution in [3.63, 3.8) is 0 Å². The molecule has 5 heteroatoms. The summed E-state index contributed by atoms with van der Waals surface area (Å²) >= 11 is 0. The van der Waals surface area contributed by atoms with Crippen LogP contribution in [0.25, 0.3) is 0 Å². The quantitative estimate of drug-likeness (QED) is 0.859. The molecule has 0 radical (unpaired) electrons. The van der Waals surface area contributed by atoms with Gasteiger partial charge in [0, 0.05) is 6.54 Å². The van der Waals surface area contributed by atoms with E-state index in [1.165, 1.54) is 12.1 Å². The minimum Gasteiger partial charge on any atom is -0.481 e. The highest BCUT2D eigenvalue weighted by atomic mass is 16.5. The molecule has 0 unspecified atom stereocenters. The van der Waals surface area contributed by atoms with Crippen molar-refractivity contribution >= 4 is 11.9 Å². The highest BCUT2D eigenvalue weighted by Crippen LogP contribution is 2.11. The molecule has 0 saturated heterocycles. The molecule has 0 bridgehead atoms. The Kier molecular flexibility index (Phi) is 5.14. The molecular weight excluding hydrogens is 282 g/mol. The average Bonchev–Trinajstić information content (AvgIpc) is 2.53. The fourth-order valence-electron chi connectivity index (χ4n) is 1.85. The number of carbonyl (C=O) groups is 2. The van der Waals surface area contributed by atoms with Crippen molar-refractivity contribution in [3.8, 4) is 5.75 Å². The van der Waals surface area contributed by atoms with Crippen LogP contribution in [0.3, 0.4) is 0 Å². The molecule has 0 aliphatic rings. The molecule has 2 aromatic carbocycles. The summed E-state index contributed by atoms with van der Waals surface area (Å²) in [6.45, 7) is 2.00. The minimum atomic E-state index is -0.972. The molecule has 0 aromatic heterocycles. The lowest BCUT2D eigenvalue weighted by molar-refractivity contribution is -0.127. The van der Waals surface area contributed by atoms with Crippen LogP contribution in [0.2, 0.25) is 0 Å². The summed E-state index contributed by atoms with van der Waals surface area (Å²) in [6.07, 6.45) is -0.610. The topological polar surface area (TPSA) is 75.6 Å². The first-order valence-corrected chi connectivity index (χ1v) is 6.88. The molecule has 0 fully saturated rings. The molecule has 1 atom stereocenters. The van der Waals surface area contributed by atoms with Crippen molar-refractivity contribution in [2.45, 2.75) is 19.6 Å². The Morgan fingerprint density at radius 3 is 2.32 bits per heavy atom. The van der Waals surface area contributed by atoms with Gasteiger partial charge < -0.3 is 15.2 Å². The van der Waals surface area contributed by atoms with Crippen LogP contribution in [-0.4, -0.2) is 23.1 Å². The monoisotopic (exact) mass is 299 g/mol. The van der Waals surface area contributed by atoms with Crippen molar-refractivity contribution in [1.82, 2.24) is 5.32 Å². The second-order valence-electron chi connectivity index (χ2n) is 4.79. The second kappa shape index (κ2) is 7.26. The highest BCUT2D eigenvalue weighted by molar-refractivity contribution is 5.87. The third-order valence-electron chi connectivity index (χ3n) is 3.09. The normalized spacial score (nSPS) is 11.5. The van der Waals surface area contributed by atoms with E-state index in [-0.39, 0.29) is 11.5 Å². The van der Waals surface area contributed by atoms with Crippen LogP contribution in [0.1, 0.15) is 22.8 Å². The number of hydrogen-bond acceptors (Lipinski definition) is 3. The largest absolute Gasteiger partial charge is 0.481 e. The smallest absolute Gasteiger partial charge is 0.335 e. The number of benzene rings is 2. The maximum absolute atomic E-state index is 12.0. The Morgan fingerprint density at radius 2 is 1.73 bits per heavy atom. The fraction of sp³-hybridized carbons (Fsp3) is 0.176. The van der Waals surface area contributed by atoms with Crippen LogP contribution in [0, 0.1) is 0 Å². The number of rotatable bonds is 6. The summed E-state index contributed by atoms with van der Waals surface area (Å²) in [6, 6.07) is 15.5. The van der Waals surface area contributed by atoms with E-state index in [1.54, 1.807) is 31.2 Å². The molecule has 2 aromatic rings. The molecule has 5 nitrogen and oxygen atoms in total. The first-order valence-electron chi connectivity index (χ1n) is 6.88. The van der Waals surface area contributed by atoms with Gasteiger partial charge >= 0.3 is 5.97 Å². The molecule has 0 aliphatic carbocycles. The molecular formula is C17H17NO4. The first-order chi connectivity index (χ1) is 10.6. The predicted octanol–water partition coefficient (Wildman–Crippen LogP) is 2.47. The summed E-state index contributed by atoms with van der Waals surface area (Å²) in [5.74, 6) is -0.567. The van der Waals surface area contributed by atoms with Gasteiger partial charge in [-0.05, 0) is 36.8 Å². The first kappa shape index (κ1) is 15.6. The van der Waals surface area contributed by atoms with E-state index in [9.17, 15) is 9.59 Å². The van der Waals surface area contributed by atoms with Crippen LogP contribution in [-0.2, 0) is 11.3 Å². The number of amides is 1. The standard InChI is InChI=1S/C17H17NO4/c1-12(22-15-5-3-2-4-6-15)16(19)18-11-13-7-9-14(10-8-13)17(20)21/h2-10,12H,11H2,1H3,(H,18,19)(H,20,21)/t12-/m1/s1. The number of aromatic carboxylic acids is 1. The molecule has 0 aliphatic heterocycles. The highest BCUT2D eigenvalue weighted by Gasteiger charge is 2.14. The van der Waals surface area contributed by atoms with Gasteiger partial charge in [0.15, 0.2) is 6.10 Å². The summed E-state index contributed by atoms with van der Waals surface area (Å²) in [5, 5.41) is 11.6. The minimum absolute atomic E-state index is 0.218. The van der Waals surface area contributed by atoms with Crippen molar-refractivity contribution in [1.29, 1.82) is 0 Å². The second-order valence-corrected chi connectivity index (χ2v) is 4.79. The van der Waals surface area contributed by atoms with Gasteiger partial charge in [-0.15, -0.1) is 0 Å². The Balaban J connectivity index is 1.85.